The van der Waals surface area contributed by atoms with Gasteiger partial charge in [-0.05, 0) is 17.7 Å². The molecule has 0 aliphatic carbocycles. The molecular weight excluding hydrogens is 355 g/mol. The van der Waals surface area contributed by atoms with E-state index in [4.69, 9.17) is 9.47 Å². The van der Waals surface area contributed by atoms with Gasteiger partial charge in [0.15, 0.2) is 17.5 Å². The van der Waals surface area contributed by atoms with Crippen LogP contribution in [0.1, 0.15) is 34.4 Å². The maximum atomic E-state index is 13.5. The third kappa shape index (κ3) is 3.02. The zero-order valence-electron chi connectivity index (χ0n) is 13.9. The Bertz CT molecular complexity index is 835. The van der Waals surface area contributed by atoms with Crippen LogP contribution < -0.4 is 14.8 Å². The number of aromatic nitrogens is 2. The van der Waals surface area contributed by atoms with E-state index in [-0.39, 0.29) is 17.8 Å². The van der Waals surface area contributed by atoms with Crippen LogP contribution in [0.3, 0.4) is 0 Å². The zero-order chi connectivity index (χ0) is 19.1. The highest BCUT2D eigenvalue weighted by molar-refractivity contribution is 5.93. The highest BCUT2D eigenvalue weighted by Gasteiger charge is 2.47. The van der Waals surface area contributed by atoms with Gasteiger partial charge in [-0.3, -0.25) is 0 Å². The summed E-state index contributed by atoms with van der Waals surface area (Å²) in [6.45, 7) is 0. The van der Waals surface area contributed by atoms with E-state index >= 15 is 0 Å². The Hall–Kier alpha value is -2.91. The number of hydrogen-bond acceptors (Lipinski definition) is 5. The van der Waals surface area contributed by atoms with Gasteiger partial charge in [0.1, 0.15) is 11.4 Å². The number of alkyl halides is 3. The van der Waals surface area contributed by atoms with Crippen molar-refractivity contribution in [3.05, 3.63) is 35.5 Å². The van der Waals surface area contributed by atoms with Gasteiger partial charge in [-0.2, -0.15) is 18.3 Å². The molecule has 0 spiro atoms. The van der Waals surface area contributed by atoms with Gasteiger partial charge in [-0.15, -0.1) is 0 Å². The number of nitrogens with one attached hydrogen (secondary N) is 1. The van der Waals surface area contributed by atoms with Gasteiger partial charge in [-0.25, -0.2) is 9.48 Å². The lowest BCUT2D eigenvalue weighted by molar-refractivity contribution is -0.173. The molecule has 0 unspecified atom stereocenters. The first-order valence-corrected chi connectivity index (χ1v) is 7.62. The van der Waals surface area contributed by atoms with Crippen molar-refractivity contribution in [2.45, 2.75) is 24.7 Å². The molecule has 7 nitrogen and oxygen atoms in total. The summed E-state index contributed by atoms with van der Waals surface area (Å²) >= 11 is 0. The summed E-state index contributed by atoms with van der Waals surface area (Å²) in [5.74, 6) is -0.720. The molecule has 2 aromatic rings. The largest absolute Gasteiger partial charge is 0.493 e. The standard InChI is InChI=1S/C16H16F3N3O4/c1-25-11-4-3-8(5-12(11)26-2)10-6-13(16(17,18)19)22-14(21-10)9(7-20-22)15(23)24/h3-5,7,10,13,21H,6H2,1-2H3,(H,23,24)/t10-,13-/m0/s1. The summed E-state index contributed by atoms with van der Waals surface area (Å²) in [6.07, 6.45) is -4.00. The van der Waals surface area contributed by atoms with Crippen LogP contribution in [-0.4, -0.2) is 41.3 Å². The molecule has 140 valence electrons. The van der Waals surface area contributed by atoms with E-state index in [0.717, 1.165) is 6.20 Å². The molecule has 1 aromatic heterocycles. The Morgan fingerprint density at radius 1 is 1.31 bits per heavy atom. The number of hydrogen-bond donors (Lipinski definition) is 2. The minimum absolute atomic E-state index is 0.175. The van der Waals surface area contributed by atoms with Crippen molar-refractivity contribution >= 4 is 11.8 Å². The van der Waals surface area contributed by atoms with E-state index < -0.39 is 24.2 Å². The molecule has 1 aromatic carbocycles. The molecular formula is C16H16F3N3O4. The summed E-state index contributed by atoms with van der Waals surface area (Å²) in [4.78, 5) is 11.3. The van der Waals surface area contributed by atoms with Gasteiger partial charge in [0.25, 0.3) is 0 Å². The number of carboxylic acids is 1. The highest BCUT2D eigenvalue weighted by atomic mass is 19.4. The Kier molecular flexibility index (Phi) is 4.43. The quantitative estimate of drug-likeness (QED) is 0.858. The number of methoxy groups -OCH3 is 2. The number of ether oxygens (including phenoxy) is 2. The van der Waals surface area contributed by atoms with E-state index in [1.54, 1.807) is 18.2 Å². The van der Waals surface area contributed by atoms with Crippen molar-refractivity contribution < 1.29 is 32.5 Å². The molecule has 26 heavy (non-hydrogen) atoms. The number of halogens is 3. The van der Waals surface area contributed by atoms with E-state index in [0.29, 0.717) is 21.7 Å². The van der Waals surface area contributed by atoms with Gasteiger partial charge in [0, 0.05) is 6.42 Å². The second-order valence-corrected chi connectivity index (χ2v) is 5.76. The molecule has 0 fully saturated rings. The first kappa shape index (κ1) is 17.9. The van der Waals surface area contributed by atoms with Gasteiger partial charge >= 0.3 is 12.1 Å². The molecule has 1 aliphatic heterocycles. The molecule has 0 saturated heterocycles. The Morgan fingerprint density at radius 2 is 2.00 bits per heavy atom. The van der Waals surface area contributed by atoms with Crippen LogP contribution in [0.25, 0.3) is 0 Å². The van der Waals surface area contributed by atoms with Crippen LogP contribution in [0.4, 0.5) is 19.0 Å². The molecule has 0 radical (unpaired) electrons. The monoisotopic (exact) mass is 371 g/mol. The minimum atomic E-state index is -4.58. The minimum Gasteiger partial charge on any atom is -0.493 e. The lowest BCUT2D eigenvalue weighted by Gasteiger charge is -2.34. The smallest absolute Gasteiger partial charge is 0.410 e. The number of anilines is 1. The maximum Gasteiger partial charge on any atom is 0.410 e. The Balaban J connectivity index is 2.05. The Labute approximate surface area is 146 Å². The van der Waals surface area contributed by atoms with Crippen molar-refractivity contribution in [1.29, 1.82) is 0 Å². The predicted octanol–water partition coefficient (Wildman–Crippen LogP) is 3.26. The topological polar surface area (TPSA) is 85.6 Å². The fourth-order valence-corrected chi connectivity index (χ4v) is 3.01. The highest BCUT2D eigenvalue weighted by Crippen LogP contribution is 2.45. The number of fused-ring (bicyclic) bond motifs is 1. The Morgan fingerprint density at radius 3 is 2.58 bits per heavy atom. The molecule has 2 heterocycles. The molecule has 1 aliphatic rings. The van der Waals surface area contributed by atoms with Crippen molar-refractivity contribution in [2.75, 3.05) is 19.5 Å². The predicted molar refractivity (Wildman–Crippen MR) is 84.8 cm³/mol. The fourth-order valence-electron chi connectivity index (χ4n) is 3.01. The van der Waals surface area contributed by atoms with Crippen LogP contribution in [-0.2, 0) is 0 Å². The first-order valence-electron chi connectivity index (χ1n) is 7.62. The lowest BCUT2D eigenvalue weighted by Crippen LogP contribution is -2.36. The molecule has 0 bridgehead atoms. The molecule has 0 saturated carbocycles. The second-order valence-electron chi connectivity index (χ2n) is 5.76. The number of carbonyl (C=O) groups is 1. The molecule has 3 rings (SSSR count). The summed E-state index contributed by atoms with van der Waals surface area (Å²) in [5, 5.41) is 15.7. The van der Waals surface area contributed by atoms with E-state index in [1.165, 1.54) is 14.2 Å². The van der Waals surface area contributed by atoms with Gasteiger partial charge in [-0.1, -0.05) is 6.07 Å². The van der Waals surface area contributed by atoms with E-state index in [1.807, 2.05) is 0 Å². The van der Waals surface area contributed by atoms with Gasteiger partial charge in [0.2, 0.25) is 0 Å². The van der Waals surface area contributed by atoms with Crippen molar-refractivity contribution in [1.82, 2.24) is 9.78 Å². The number of rotatable bonds is 4. The summed E-state index contributed by atoms with van der Waals surface area (Å²) in [6, 6.07) is 2.05. The summed E-state index contributed by atoms with van der Waals surface area (Å²) in [5.41, 5.74) is 0.199. The number of aromatic carboxylic acids is 1. The summed E-state index contributed by atoms with van der Waals surface area (Å²) in [7, 11) is 2.87. The fraction of sp³-hybridized carbons (Fsp3) is 0.375. The number of nitrogens with zero attached hydrogens (tertiary/aromatic N) is 2. The van der Waals surface area contributed by atoms with E-state index in [2.05, 4.69) is 10.4 Å². The van der Waals surface area contributed by atoms with Crippen LogP contribution in [0.2, 0.25) is 0 Å². The first-order chi connectivity index (χ1) is 12.3. The molecule has 2 atom stereocenters. The van der Waals surface area contributed by atoms with Crippen molar-refractivity contribution in [3.8, 4) is 11.5 Å². The number of carboxylic acid groups (broad SMARTS) is 1. The average Bonchev–Trinajstić information content (AvgIpc) is 3.03. The maximum absolute atomic E-state index is 13.5. The van der Waals surface area contributed by atoms with Crippen LogP contribution >= 0.6 is 0 Å². The van der Waals surface area contributed by atoms with Crippen molar-refractivity contribution in [3.63, 3.8) is 0 Å². The van der Waals surface area contributed by atoms with Gasteiger partial charge in [0.05, 0.1) is 26.5 Å². The lowest BCUT2D eigenvalue weighted by atomic mass is 9.96. The summed E-state index contributed by atoms with van der Waals surface area (Å²) < 4.78 is 51.5. The molecule has 0 amide bonds. The van der Waals surface area contributed by atoms with Crippen LogP contribution in [0.15, 0.2) is 24.4 Å². The third-order valence-electron chi connectivity index (χ3n) is 4.28. The van der Waals surface area contributed by atoms with Crippen LogP contribution in [0, 0.1) is 0 Å². The SMILES string of the molecule is COc1ccc([C@@H]2C[C@@H](C(F)(F)F)n3ncc(C(=O)O)c3N2)cc1OC. The second kappa shape index (κ2) is 6.43. The normalized spacial score (nSPS) is 19.4. The van der Waals surface area contributed by atoms with Crippen molar-refractivity contribution in [2.24, 2.45) is 0 Å². The van der Waals surface area contributed by atoms with E-state index in [9.17, 15) is 23.1 Å². The van der Waals surface area contributed by atoms with Crippen LogP contribution in [0.5, 0.6) is 11.5 Å². The van der Waals surface area contributed by atoms with Gasteiger partial charge < -0.3 is 19.9 Å². The zero-order valence-corrected chi connectivity index (χ0v) is 13.9. The molecule has 10 heteroatoms. The third-order valence-corrected chi connectivity index (χ3v) is 4.28. The number of benzene rings is 1. The molecule has 2 N–H and O–H groups in total. The average molecular weight is 371 g/mol.